The molecular formula is C50H28N6S2. The van der Waals surface area contributed by atoms with Crippen LogP contribution in [0.5, 0.6) is 0 Å². The number of aromatic nitrogens is 5. The lowest BCUT2D eigenvalue weighted by Crippen LogP contribution is -2.00. The van der Waals surface area contributed by atoms with Crippen molar-refractivity contribution in [3.63, 3.8) is 0 Å². The van der Waals surface area contributed by atoms with Gasteiger partial charge in [-0.1, -0.05) is 146 Å². The maximum Gasteiger partial charge on any atom is 0.164 e. The van der Waals surface area contributed by atoms with Gasteiger partial charge >= 0.3 is 0 Å². The summed E-state index contributed by atoms with van der Waals surface area (Å²) in [5.74, 6) is 2.47. The highest BCUT2D eigenvalue weighted by Gasteiger charge is 2.20. The Morgan fingerprint density at radius 1 is 0.397 bits per heavy atom. The average molecular weight is 777 g/mol. The predicted octanol–water partition coefficient (Wildman–Crippen LogP) is 13.3. The van der Waals surface area contributed by atoms with Crippen molar-refractivity contribution in [1.82, 2.24) is 24.9 Å². The van der Waals surface area contributed by atoms with Crippen LogP contribution in [0.15, 0.2) is 170 Å². The topological polar surface area (TPSA) is 88.2 Å². The Labute approximate surface area is 341 Å². The molecule has 0 fully saturated rings. The zero-order chi connectivity index (χ0) is 38.6. The van der Waals surface area contributed by atoms with E-state index in [1.165, 1.54) is 4.70 Å². The summed E-state index contributed by atoms with van der Waals surface area (Å²) in [6.07, 6.45) is 0. The van der Waals surface area contributed by atoms with E-state index in [1.807, 2.05) is 84.9 Å². The van der Waals surface area contributed by atoms with Crippen molar-refractivity contribution in [2.24, 2.45) is 0 Å². The van der Waals surface area contributed by atoms with E-state index in [1.54, 1.807) is 22.7 Å². The van der Waals surface area contributed by atoms with Gasteiger partial charge in [-0.25, -0.2) is 24.9 Å². The van der Waals surface area contributed by atoms with Crippen molar-refractivity contribution < 1.29 is 0 Å². The molecule has 0 unspecified atom stereocenters. The van der Waals surface area contributed by atoms with Gasteiger partial charge in [-0.2, -0.15) is 5.26 Å². The van der Waals surface area contributed by atoms with Crippen LogP contribution in [-0.4, -0.2) is 24.9 Å². The lowest BCUT2D eigenvalue weighted by molar-refractivity contribution is 1.08. The molecule has 4 aromatic heterocycles. The Bertz CT molecular complexity index is 3400. The molecule has 6 nitrogen and oxygen atoms in total. The minimum absolute atomic E-state index is 0.575. The molecular weight excluding hydrogens is 749 g/mol. The van der Waals surface area contributed by atoms with Gasteiger partial charge in [0.15, 0.2) is 23.3 Å². The fraction of sp³-hybridized carbons (Fsp3) is 0. The summed E-state index contributed by atoms with van der Waals surface area (Å²) in [6, 6.07) is 59.8. The minimum atomic E-state index is 0.575. The summed E-state index contributed by atoms with van der Waals surface area (Å²) in [4.78, 5) is 25.7. The average Bonchev–Trinajstić information content (AvgIpc) is 3.87. The summed E-state index contributed by atoms with van der Waals surface area (Å²) in [5.41, 5.74) is 9.14. The molecule has 0 aliphatic rings. The second kappa shape index (κ2) is 13.9. The molecule has 0 spiro atoms. The van der Waals surface area contributed by atoms with Crippen LogP contribution >= 0.6 is 22.7 Å². The fourth-order valence-corrected chi connectivity index (χ4v) is 9.96. The molecule has 0 aliphatic heterocycles. The molecule has 0 amide bonds. The van der Waals surface area contributed by atoms with E-state index < -0.39 is 0 Å². The summed E-state index contributed by atoms with van der Waals surface area (Å²) < 4.78 is 4.56. The van der Waals surface area contributed by atoms with Gasteiger partial charge in [0.2, 0.25) is 0 Å². The van der Waals surface area contributed by atoms with E-state index in [-0.39, 0.29) is 0 Å². The molecule has 0 atom stereocenters. The van der Waals surface area contributed by atoms with Gasteiger partial charge in [-0.15, -0.1) is 22.7 Å². The molecule has 4 heterocycles. The van der Waals surface area contributed by atoms with E-state index in [4.69, 9.17) is 24.9 Å². The molecule has 0 bridgehead atoms. The molecule has 270 valence electrons. The molecule has 11 aromatic rings. The van der Waals surface area contributed by atoms with Crippen molar-refractivity contribution in [3.05, 3.63) is 175 Å². The molecule has 8 heteroatoms. The van der Waals surface area contributed by atoms with Crippen molar-refractivity contribution in [3.8, 4) is 74.0 Å². The highest BCUT2D eigenvalue weighted by atomic mass is 32.1. The van der Waals surface area contributed by atoms with E-state index in [0.717, 1.165) is 80.4 Å². The van der Waals surface area contributed by atoms with Crippen molar-refractivity contribution in [1.29, 1.82) is 5.26 Å². The first-order valence-corrected chi connectivity index (χ1v) is 20.4. The van der Waals surface area contributed by atoms with Gasteiger partial charge in [0.25, 0.3) is 0 Å². The first-order valence-electron chi connectivity index (χ1n) is 18.8. The van der Waals surface area contributed by atoms with Crippen molar-refractivity contribution >= 4 is 63.1 Å². The Hall–Kier alpha value is -7.44. The van der Waals surface area contributed by atoms with Crippen LogP contribution < -0.4 is 0 Å². The van der Waals surface area contributed by atoms with Gasteiger partial charge in [0, 0.05) is 58.1 Å². The van der Waals surface area contributed by atoms with Gasteiger partial charge < -0.3 is 0 Å². The summed E-state index contributed by atoms with van der Waals surface area (Å²) in [5, 5.41) is 13.1. The van der Waals surface area contributed by atoms with Crippen LogP contribution in [0.1, 0.15) is 5.56 Å². The van der Waals surface area contributed by atoms with Crippen LogP contribution in [-0.2, 0) is 0 Å². The monoisotopic (exact) mass is 776 g/mol. The third kappa shape index (κ3) is 5.80. The largest absolute Gasteiger partial charge is 0.226 e. The number of fused-ring (bicyclic) bond motifs is 6. The molecule has 0 saturated heterocycles. The van der Waals surface area contributed by atoms with E-state index in [2.05, 4.69) is 91.0 Å². The molecule has 0 radical (unpaired) electrons. The van der Waals surface area contributed by atoms with E-state index in [0.29, 0.717) is 28.9 Å². The lowest BCUT2D eigenvalue weighted by Gasteiger charge is -2.10. The second-order valence-corrected chi connectivity index (χ2v) is 16.1. The zero-order valence-corrected chi connectivity index (χ0v) is 32.3. The lowest BCUT2D eigenvalue weighted by atomic mass is 9.99. The Morgan fingerprint density at radius 3 is 1.79 bits per heavy atom. The maximum absolute atomic E-state index is 9.71. The van der Waals surface area contributed by atoms with Crippen molar-refractivity contribution in [2.75, 3.05) is 0 Å². The third-order valence-electron chi connectivity index (χ3n) is 10.4. The third-order valence-corrected chi connectivity index (χ3v) is 12.7. The summed E-state index contributed by atoms with van der Waals surface area (Å²) in [7, 11) is 0. The van der Waals surface area contributed by atoms with Crippen LogP contribution in [0.2, 0.25) is 0 Å². The molecule has 7 aromatic carbocycles. The highest BCUT2D eigenvalue weighted by Crippen LogP contribution is 2.43. The van der Waals surface area contributed by atoms with Crippen LogP contribution in [0.25, 0.3) is 108 Å². The number of benzene rings is 7. The standard InChI is InChI=1S/C50H28N6S2/c51-29-35-16-7-8-17-36(35)30-22-24-33(25-23-30)48-54-47(32-14-5-2-6-15-32)55-50(56-48)39-19-11-21-41-43(39)37-27-26-34(28-42(37)57-41)49-52-44(31-12-3-1-4-13-31)46-45(53-49)38-18-9-10-20-40(38)58-46/h1-28H. The Morgan fingerprint density at radius 2 is 1.00 bits per heavy atom. The second-order valence-electron chi connectivity index (χ2n) is 13.9. The number of hydrogen-bond acceptors (Lipinski definition) is 8. The first kappa shape index (κ1) is 33.9. The van der Waals surface area contributed by atoms with Crippen LogP contribution in [0.4, 0.5) is 0 Å². The number of thiophene rings is 2. The van der Waals surface area contributed by atoms with Gasteiger partial charge in [-0.05, 0) is 35.4 Å². The normalized spacial score (nSPS) is 11.4. The Balaban J connectivity index is 1.05. The van der Waals surface area contributed by atoms with E-state index in [9.17, 15) is 5.26 Å². The molecule has 58 heavy (non-hydrogen) atoms. The van der Waals surface area contributed by atoms with Gasteiger partial charge in [0.05, 0.1) is 27.5 Å². The maximum atomic E-state index is 9.71. The Kier molecular flexibility index (Phi) is 8.14. The molecule has 11 rings (SSSR count). The SMILES string of the molecule is N#Cc1ccccc1-c1ccc(-c2nc(-c3ccccc3)nc(-c3cccc4sc5cc(-c6nc(-c7ccccc7)c7sc8ccccc8c7n6)ccc5c34)n2)cc1. The quantitative estimate of drug-likeness (QED) is 0.167. The predicted molar refractivity (Wildman–Crippen MR) is 239 cm³/mol. The number of rotatable bonds is 6. The molecule has 0 N–H and O–H groups in total. The number of nitrogens with zero attached hydrogens (tertiary/aromatic N) is 6. The highest BCUT2D eigenvalue weighted by molar-refractivity contribution is 7.26. The smallest absolute Gasteiger partial charge is 0.164 e. The molecule has 0 saturated carbocycles. The summed E-state index contributed by atoms with van der Waals surface area (Å²) >= 11 is 3.49. The summed E-state index contributed by atoms with van der Waals surface area (Å²) in [6.45, 7) is 0. The van der Waals surface area contributed by atoms with Crippen LogP contribution in [0.3, 0.4) is 0 Å². The fourth-order valence-electron chi connectivity index (χ4n) is 7.64. The van der Waals surface area contributed by atoms with E-state index >= 15 is 0 Å². The van der Waals surface area contributed by atoms with Crippen molar-refractivity contribution in [2.45, 2.75) is 0 Å². The number of hydrogen-bond donors (Lipinski definition) is 0. The zero-order valence-electron chi connectivity index (χ0n) is 30.7. The van der Waals surface area contributed by atoms with Crippen LogP contribution in [0, 0.1) is 11.3 Å². The minimum Gasteiger partial charge on any atom is -0.226 e. The van der Waals surface area contributed by atoms with Gasteiger partial charge in [-0.3, -0.25) is 0 Å². The molecule has 0 aliphatic carbocycles. The van der Waals surface area contributed by atoms with Gasteiger partial charge in [0.1, 0.15) is 0 Å². The number of nitriles is 1. The first-order chi connectivity index (χ1) is 28.7.